The average molecular weight is 336 g/mol. The molecule has 104 valence electrons. The summed E-state index contributed by atoms with van der Waals surface area (Å²) in [5.74, 6) is 0.104. The fraction of sp³-hybridized carbons (Fsp3) is 0.154. The van der Waals surface area contributed by atoms with Crippen LogP contribution in [0.3, 0.4) is 0 Å². The van der Waals surface area contributed by atoms with Crippen LogP contribution < -0.4 is 16.0 Å². The van der Waals surface area contributed by atoms with Gasteiger partial charge in [0.15, 0.2) is 5.82 Å². The molecule has 20 heavy (non-hydrogen) atoms. The highest BCUT2D eigenvalue weighted by molar-refractivity contribution is 9.10. The SMILES string of the molecule is CN(C)c1ccc(C(=O)Nc2cnc(Br)cn2)cc1N. The third-order valence-electron chi connectivity index (χ3n) is 2.63. The summed E-state index contributed by atoms with van der Waals surface area (Å²) >= 11 is 3.18. The highest BCUT2D eigenvalue weighted by atomic mass is 79.9. The molecule has 0 unspecified atom stereocenters. The van der Waals surface area contributed by atoms with Crippen LogP contribution in [0.4, 0.5) is 17.2 Å². The average Bonchev–Trinajstić information content (AvgIpc) is 2.40. The minimum Gasteiger partial charge on any atom is -0.397 e. The lowest BCUT2D eigenvalue weighted by atomic mass is 10.1. The van der Waals surface area contributed by atoms with Gasteiger partial charge in [-0.1, -0.05) is 0 Å². The monoisotopic (exact) mass is 335 g/mol. The normalized spacial score (nSPS) is 10.2. The molecule has 0 radical (unpaired) electrons. The van der Waals surface area contributed by atoms with Gasteiger partial charge in [0.05, 0.1) is 23.8 Å². The number of benzene rings is 1. The minimum atomic E-state index is -0.279. The summed E-state index contributed by atoms with van der Waals surface area (Å²) in [6.45, 7) is 0. The minimum absolute atomic E-state index is 0.279. The highest BCUT2D eigenvalue weighted by Crippen LogP contribution is 2.22. The van der Waals surface area contributed by atoms with Gasteiger partial charge in [-0.05, 0) is 34.1 Å². The summed E-state index contributed by atoms with van der Waals surface area (Å²) in [4.78, 5) is 22.0. The van der Waals surface area contributed by atoms with Crippen LogP contribution in [0, 0.1) is 0 Å². The Morgan fingerprint density at radius 2 is 2.05 bits per heavy atom. The third-order valence-corrected chi connectivity index (χ3v) is 3.04. The van der Waals surface area contributed by atoms with E-state index in [0.29, 0.717) is 21.7 Å². The number of rotatable bonds is 3. The maximum Gasteiger partial charge on any atom is 0.256 e. The van der Waals surface area contributed by atoms with E-state index in [1.807, 2.05) is 19.0 Å². The Bertz CT molecular complexity index is 627. The largest absolute Gasteiger partial charge is 0.397 e. The number of halogens is 1. The molecule has 0 aliphatic rings. The van der Waals surface area contributed by atoms with Gasteiger partial charge in [-0.15, -0.1) is 0 Å². The zero-order chi connectivity index (χ0) is 14.7. The Balaban J connectivity index is 2.17. The fourth-order valence-electron chi connectivity index (χ4n) is 1.67. The van der Waals surface area contributed by atoms with Crippen molar-refractivity contribution in [2.45, 2.75) is 0 Å². The molecule has 0 aliphatic heterocycles. The first-order chi connectivity index (χ1) is 9.47. The van der Waals surface area contributed by atoms with Gasteiger partial charge in [-0.2, -0.15) is 0 Å². The molecule has 0 bridgehead atoms. The number of hydrogen-bond acceptors (Lipinski definition) is 5. The van der Waals surface area contributed by atoms with E-state index in [1.165, 1.54) is 12.4 Å². The van der Waals surface area contributed by atoms with Crippen molar-refractivity contribution in [3.05, 3.63) is 40.8 Å². The number of nitrogens with one attached hydrogen (secondary N) is 1. The molecule has 0 atom stereocenters. The number of hydrogen-bond donors (Lipinski definition) is 2. The number of nitrogens with zero attached hydrogens (tertiary/aromatic N) is 3. The molecular weight excluding hydrogens is 322 g/mol. The Kier molecular flexibility index (Phi) is 4.19. The number of aromatic nitrogens is 2. The maximum absolute atomic E-state index is 12.1. The maximum atomic E-state index is 12.1. The standard InChI is InChI=1S/C13H14BrN5O/c1-19(2)10-4-3-8(5-9(10)15)13(20)18-12-7-16-11(14)6-17-12/h3-7H,15H2,1-2H3,(H,17,18,20). The lowest BCUT2D eigenvalue weighted by Crippen LogP contribution is -2.15. The summed E-state index contributed by atoms with van der Waals surface area (Å²) in [6, 6.07) is 5.15. The molecular formula is C13H14BrN5O. The molecule has 7 heteroatoms. The molecule has 2 aromatic rings. The summed E-state index contributed by atoms with van der Waals surface area (Å²) in [6.07, 6.45) is 2.98. The van der Waals surface area contributed by atoms with E-state index < -0.39 is 0 Å². The summed E-state index contributed by atoms with van der Waals surface area (Å²) in [7, 11) is 3.78. The number of carbonyl (C=O) groups excluding carboxylic acids is 1. The van der Waals surface area contributed by atoms with E-state index in [-0.39, 0.29) is 5.91 Å². The molecule has 0 spiro atoms. The lowest BCUT2D eigenvalue weighted by Gasteiger charge is -2.15. The van der Waals surface area contributed by atoms with Crippen molar-refractivity contribution in [2.24, 2.45) is 0 Å². The van der Waals surface area contributed by atoms with Gasteiger partial charge in [-0.3, -0.25) is 4.79 Å². The van der Waals surface area contributed by atoms with Crippen molar-refractivity contribution < 1.29 is 4.79 Å². The van der Waals surface area contributed by atoms with Gasteiger partial charge >= 0.3 is 0 Å². The predicted molar refractivity (Wildman–Crippen MR) is 82.9 cm³/mol. The van der Waals surface area contributed by atoms with Gasteiger partial charge < -0.3 is 16.0 Å². The van der Waals surface area contributed by atoms with Crippen molar-refractivity contribution in [3.63, 3.8) is 0 Å². The van der Waals surface area contributed by atoms with Crippen LogP contribution in [0.25, 0.3) is 0 Å². The molecule has 0 saturated carbocycles. The molecule has 1 aromatic carbocycles. The van der Waals surface area contributed by atoms with Gasteiger partial charge in [0.2, 0.25) is 0 Å². The Morgan fingerprint density at radius 3 is 2.60 bits per heavy atom. The number of anilines is 3. The topological polar surface area (TPSA) is 84.1 Å². The van der Waals surface area contributed by atoms with E-state index >= 15 is 0 Å². The molecule has 1 heterocycles. The number of carbonyl (C=O) groups is 1. The Morgan fingerprint density at radius 1 is 1.30 bits per heavy atom. The van der Waals surface area contributed by atoms with Crippen LogP contribution >= 0.6 is 15.9 Å². The van der Waals surface area contributed by atoms with E-state index in [2.05, 4.69) is 31.2 Å². The second kappa shape index (κ2) is 5.87. The van der Waals surface area contributed by atoms with Crippen LogP contribution in [0.5, 0.6) is 0 Å². The second-order valence-corrected chi connectivity index (χ2v) is 5.16. The van der Waals surface area contributed by atoms with E-state index in [9.17, 15) is 4.79 Å². The lowest BCUT2D eigenvalue weighted by molar-refractivity contribution is 0.102. The molecule has 1 amide bonds. The van der Waals surface area contributed by atoms with Crippen molar-refractivity contribution >= 4 is 39.0 Å². The van der Waals surface area contributed by atoms with Gasteiger partial charge in [0.25, 0.3) is 5.91 Å². The first kappa shape index (κ1) is 14.3. The highest BCUT2D eigenvalue weighted by Gasteiger charge is 2.10. The van der Waals surface area contributed by atoms with Gasteiger partial charge in [0.1, 0.15) is 4.60 Å². The molecule has 0 saturated heterocycles. The van der Waals surface area contributed by atoms with Crippen LogP contribution in [0.1, 0.15) is 10.4 Å². The first-order valence-electron chi connectivity index (χ1n) is 5.83. The Hall–Kier alpha value is -2.15. The number of amides is 1. The first-order valence-corrected chi connectivity index (χ1v) is 6.62. The smallest absolute Gasteiger partial charge is 0.256 e. The molecule has 6 nitrogen and oxygen atoms in total. The summed E-state index contributed by atoms with van der Waals surface area (Å²) < 4.78 is 0.607. The fourth-order valence-corrected chi connectivity index (χ4v) is 1.87. The van der Waals surface area contributed by atoms with Crippen LogP contribution in [0.2, 0.25) is 0 Å². The van der Waals surface area contributed by atoms with E-state index in [1.54, 1.807) is 18.2 Å². The molecule has 2 rings (SSSR count). The van der Waals surface area contributed by atoms with Gasteiger partial charge in [0, 0.05) is 19.7 Å². The third kappa shape index (κ3) is 3.24. The van der Waals surface area contributed by atoms with E-state index in [0.717, 1.165) is 5.69 Å². The molecule has 0 fully saturated rings. The van der Waals surface area contributed by atoms with Crippen LogP contribution in [-0.4, -0.2) is 30.0 Å². The van der Waals surface area contributed by atoms with Crippen molar-refractivity contribution in [2.75, 3.05) is 30.0 Å². The number of nitrogen functional groups attached to an aromatic ring is 1. The quantitative estimate of drug-likeness (QED) is 0.839. The van der Waals surface area contributed by atoms with Crippen molar-refractivity contribution in [3.8, 4) is 0 Å². The second-order valence-electron chi connectivity index (χ2n) is 4.35. The van der Waals surface area contributed by atoms with Crippen molar-refractivity contribution in [1.82, 2.24) is 9.97 Å². The Labute approximate surface area is 125 Å². The predicted octanol–water partition coefficient (Wildman–Crippen LogP) is 2.14. The zero-order valence-electron chi connectivity index (χ0n) is 11.1. The molecule has 1 aromatic heterocycles. The van der Waals surface area contributed by atoms with Gasteiger partial charge in [-0.25, -0.2) is 9.97 Å². The van der Waals surface area contributed by atoms with Crippen LogP contribution in [-0.2, 0) is 0 Å². The molecule has 3 N–H and O–H groups in total. The van der Waals surface area contributed by atoms with Crippen molar-refractivity contribution in [1.29, 1.82) is 0 Å². The summed E-state index contributed by atoms with van der Waals surface area (Å²) in [5, 5.41) is 2.66. The van der Waals surface area contributed by atoms with E-state index in [4.69, 9.17) is 5.73 Å². The zero-order valence-corrected chi connectivity index (χ0v) is 12.7. The number of nitrogens with two attached hydrogens (primary N) is 1. The summed E-state index contributed by atoms with van der Waals surface area (Å²) in [5.41, 5.74) is 7.80. The van der Waals surface area contributed by atoms with Crippen LogP contribution in [0.15, 0.2) is 35.2 Å². The molecule has 0 aliphatic carbocycles.